The van der Waals surface area contributed by atoms with Crippen LogP contribution in [0.25, 0.3) is 10.9 Å². The summed E-state index contributed by atoms with van der Waals surface area (Å²) in [6, 6.07) is 23.5. The Morgan fingerprint density at radius 3 is 2.42 bits per heavy atom. The molecule has 1 aromatic heterocycles. The first-order valence-corrected chi connectivity index (χ1v) is 12.4. The van der Waals surface area contributed by atoms with Crippen molar-refractivity contribution in [3.8, 4) is 0 Å². The normalized spacial score (nSPS) is 15.8. The summed E-state index contributed by atoms with van der Waals surface area (Å²) >= 11 is 0. The minimum Gasteiger partial charge on any atom is -0.361 e. The number of hydrogen-bond acceptors (Lipinski definition) is 1. The van der Waals surface area contributed by atoms with Crippen LogP contribution >= 0.6 is 0 Å². The molecule has 3 nitrogen and oxygen atoms in total. The summed E-state index contributed by atoms with van der Waals surface area (Å²) in [5.74, 6) is 0.0446. The number of nitrogens with zero attached hydrogens (tertiary/aromatic N) is 1. The number of fused-ring (bicyclic) bond motifs is 1. The molecule has 1 atom stereocenters. The molecule has 6 heteroatoms. The van der Waals surface area contributed by atoms with Gasteiger partial charge in [0.25, 0.3) is 0 Å². The molecule has 186 valence electrons. The number of H-pyrrole nitrogens is 1. The van der Waals surface area contributed by atoms with Crippen molar-refractivity contribution in [2.24, 2.45) is 5.92 Å². The van der Waals surface area contributed by atoms with Gasteiger partial charge in [-0.3, -0.25) is 4.79 Å². The Labute approximate surface area is 208 Å². The zero-order chi connectivity index (χ0) is 25.1. The molecule has 2 heterocycles. The largest absolute Gasteiger partial charge is 0.416 e. The van der Waals surface area contributed by atoms with Crippen LogP contribution in [0.2, 0.25) is 0 Å². The maximum Gasteiger partial charge on any atom is 0.416 e. The molecule has 1 aliphatic heterocycles. The second kappa shape index (κ2) is 10.2. The number of nitrogens with one attached hydrogen (secondary N) is 1. The van der Waals surface area contributed by atoms with E-state index < -0.39 is 17.7 Å². The van der Waals surface area contributed by atoms with Gasteiger partial charge in [-0.2, -0.15) is 13.2 Å². The first-order chi connectivity index (χ1) is 17.4. The summed E-state index contributed by atoms with van der Waals surface area (Å²) in [5, 5.41) is 0.925. The van der Waals surface area contributed by atoms with Crippen LogP contribution in [-0.4, -0.2) is 28.9 Å². The standard InChI is InChI=1S/C30H29F3N2O/c31-30(32,33)24-10-6-9-23(18-24)26(27-20-34-28-12-5-4-11-25(27)28)19-29(36)35-15-13-22(14-16-35)17-21-7-2-1-3-8-21/h1-12,18,20,22,26,34H,13-17,19H2/t26-/m0/s1. The lowest BCUT2D eigenvalue weighted by Crippen LogP contribution is -2.39. The van der Waals surface area contributed by atoms with Gasteiger partial charge in [-0.25, -0.2) is 0 Å². The molecule has 4 aromatic rings. The smallest absolute Gasteiger partial charge is 0.361 e. The van der Waals surface area contributed by atoms with Crippen LogP contribution in [0, 0.1) is 5.92 Å². The van der Waals surface area contributed by atoms with E-state index in [0.717, 1.165) is 41.8 Å². The van der Waals surface area contributed by atoms with E-state index in [0.29, 0.717) is 24.6 Å². The van der Waals surface area contributed by atoms with E-state index in [1.54, 1.807) is 6.07 Å². The van der Waals surface area contributed by atoms with Gasteiger partial charge >= 0.3 is 6.18 Å². The first-order valence-electron chi connectivity index (χ1n) is 12.4. The van der Waals surface area contributed by atoms with Crippen LogP contribution in [0.5, 0.6) is 0 Å². The van der Waals surface area contributed by atoms with Crippen LogP contribution in [0.4, 0.5) is 13.2 Å². The van der Waals surface area contributed by atoms with Gasteiger partial charge in [-0.15, -0.1) is 0 Å². The fourth-order valence-electron chi connectivity index (χ4n) is 5.36. The molecular formula is C30H29F3N2O. The van der Waals surface area contributed by atoms with E-state index in [9.17, 15) is 18.0 Å². The van der Waals surface area contributed by atoms with Crippen molar-refractivity contribution < 1.29 is 18.0 Å². The molecule has 0 saturated carbocycles. The van der Waals surface area contributed by atoms with Crippen molar-refractivity contribution in [1.82, 2.24) is 9.88 Å². The average Bonchev–Trinajstić information content (AvgIpc) is 3.32. The molecule has 0 spiro atoms. The topological polar surface area (TPSA) is 36.1 Å². The lowest BCUT2D eigenvalue weighted by atomic mass is 9.86. The van der Waals surface area contributed by atoms with Crippen molar-refractivity contribution in [2.45, 2.75) is 37.8 Å². The maximum absolute atomic E-state index is 13.5. The van der Waals surface area contributed by atoms with Crippen LogP contribution in [-0.2, 0) is 17.4 Å². The Morgan fingerprint density at radius 2 is 1.67 bits per heavy atom. The molecule has 0 radical (unpaired) electrons. The van der Waals surface area contributed by atoms with E-state index in [-0.39, 0.29) is 12.3 Å². The molecule has 1 fully saturated rings. The Kier molecular flexibility index (Phi) is 6.86. The summed E-state index contributed by atoms with van der Waals surface area (Å²) in [4.78, 5) is 18.6. The summed E-state index contributed by atoms with van der Waals surface area (Å²) < 4.78 is 40.5. The molecule has 1 saturated heterocycles. The van der Waals surface area contributed by atoms with Crippen LogP contribution in [0.1, 0.15) is 47.4 Å². The third-order valence-corrected chi connectivity index (χ3v) is 7.33. The van der Waals surface area contributed by atoms with Crippen molar-refractivity contribution in [3.05, 3.63) is 107 Å². The van der Waals surface area contributed by atoms with Crippen LogP contribution in [0.15, 0.2) is 85.1 Å². The van der Waals surface area contributed by atoms with E-state index in [4.69, 9.17) is 0 Å². The zero-order valence-corrected chi connectivity index (χ0v) is 20.0. The van der Waals surface area contributed by atoms with Gasteiger partial charge in [0.1, 0.15) is 0 Å². The highest BCUT2D eigenvalue weighted by atomic mass is 19.4. The minimum atomic E-state index is -4.44. The molecule has 36 heavy (non-hydrogen) atoms. The number of aromatic nitrogens is 1. The van der Waals surface area contributed by atoms with Gasteiger partial charge in [0.2, 0.25) is 5.91 Å². The number of carbonyl (C=O) groups excluding carboxylic acids is 1. The molecular weight excluding hydrogens is 461 g/mol. The number of para-hydroxylation sites is 1. The fourth-order valence-corrected chi connectivity index (χ4v) is 5.36. The lowest BCUT2D eigenvalue weighted by molar-refractivity contribution is -0.137. The number of amides is 1. The van der Waals surface area contributed by atoms with Gasteiger partial charge in [0.15, 0.2) is 0 Å². The number of benzene rings is 3. The van der Waals surface area contributed by atoms with E-state index >= 15 is 0 Å². The summed E-state index contributed by atoms with van der Waals surface area (Å²) in [6.45, 7) is 1.36. The summed E-state index contributed by atoms with van der Waals surface area (Å²) in [7, 11) is 0. The Hall–Kier alpha value is -3.54. The number of halogens is 3. The van der Waals surface area contributed by atoms with Gasteiger partial charge in [-0.1, -0.05) is 66.7 Å². The molecule has 3 aromatic carbocycles. The highest BCUT2D eigenvalue weighted by Gasteiger charge is 2.32. The van der Waals surface area contributed by atoms with E-state index in [1.807, 2.05) is 53.6 Å². The molecule has 1 N–H and O–H groups in total. The quantitative estimate of drug-likeness (QED) is 0.305. The molecule has 5 rings (SSSR count). The second-order valence-corrected chi connectivity index (χ2v) is 9.68. The van der Waals surface area contributed by atoms with Gasteiger partial charge in [0.05, 0.1) is 5.56 Å². The van der Waals surface area contributed by atoms with Crippen LogP contribution < -0.4 is 0 Å². The lowest BCUT2D eigenvalue weighted by Gasteiger charge is -2.33. The summed E-state index contributed by atoms with van der Waals surface area (Å²) in [6.07, 6.45) is 0.391. The Balaban J connectivity index is 1.36. The van der Waals surface area contributed by atoms with Crippen molar-refractivity contribution in [3.63, 3.8) is 0 Å². The number of likely N-dealkylation sites (tertiary alicyclic amines) is 1. The fraction of sp³-hybridized carbons (Fsp3) is 0.300. The monoisotopic (exact) mass is 490 g/mol. The molecule has 0 aliphatic carbocycles. The number of alkyl halides is 3. The van der Waals surface area contributed by atoms with Crippen molar-refractivity contribution >= 4 is 16.8 Å². The predicted octanol–water partition coefficient (Wildman–Crippen LogP) is 7.19. The van der Waals surface area contributed by atoms with Gasteiger partial charge < -0.3 is 9.88 Å². The Bertz CT molecular complexity index is 1320. The number of piperidine rings is 1. The Morgan fingerprint density at radius 1 is 0.944 bits per heavy atom. The number of hydrogen-bond donors (Lipinski definition) is 1. The second-order valence-electron chi connectivity index (χ2n) is 9.68. The number of rotatable bonds is 6. The maximum atomic E-state index is 13.5. The highest BCUT2D eigenvalue weighted by Crippen LogP contribution is 2.37. The van der Waals surface area contributed by atoms with Crippen LogP contribution in [0.3, 0.4) is 0 Å². The zero-order valence-electron chi connectivity index (χ0n) is 20.0. The minimum absolute atomic E-state index is 0.0131. The average molecular weight is 491 g/mol. The summed E-state index contributed by atoms with van der Waals surface area (Å²) in [5.41, 5.74) is 2.86. The molecule has 1 amide bonds. The molecule has 0 unspecified atom stereocenters. The third-order valence-electron chi connectivity index (χ3n) is 7.33. The van der Waals surface area contributed by atoms with Crippen molar-refractivity contribution in [2.75, 3.05) is 13.1 Å². The molecule has 1 aliphatic rings. The SMILES string of the molecule is O=C(C[C@@H](c1cccc(C(F)(F)F)c1)c1c[nH]c2ccccc12)N1CCC(Cc2ccccc2)CC1. The van der Waals surface area contributed by atoms with Crippen molar-refractivity contribution in [1.29, 1.82) is 0 Å². The molecule has 0 bridgehead atoms. The predicted molar refractivity (Wildman–Crippen MR) is 136 cm³/mol. The van der Waals surface area contributed by atoms with Gasteiger partial charge in [-0.05, 0) is 54.0 Å². The number of carbonyl (C=O) groups is 1. The number of aromatic amines is 1. The first kappa shape index (κ1) is 24.2. The highest BCUT2D eigenvalue weighted by molar-refractivity contribution is 5.86. The van der Waals surface area contributed by atoms with Gasteiger partial charge in [0, 0.05) is 42.5 Å². The van der Waals surface area contributed by atoms with E-state index in [2.05, 4.69) is 17.1 Å². The third kappa shape index (κ3) is 5.32. The van der Waals surface area contributed by atoms with E-state index in [1.165, 1.54) is 17.7 Å².